The summed E-state index contributed by atoms with van der Waals surface area (Å²) in [7, 11) is -3.20. The van der Waals surface area contributed by atoms with Gasteiger partial charge < -0.3 is 5.73 Å². The van der Waals surface area contributed by atoms with Crippen LogP contribution in [0.25, 0.3) is 0 Å². The number of sulfone groups is 1. The van der Waals surface area contributed by atoms with Gasteiger partial charge in [-0.05, 0) is 24.3 Å². The van der Waals surface area contributed by atoms with Crippen molar-refractivity contribution in [3.8, 4) is 0 Å². The zero-order valence-electron chi connectivity index (χ0n) is 13.0. The van der Waals surface area contributed by atoms with Gasteiger partial charge in [-0.2, -0.15) is 0 Å². The summed E-state index contributed by atoms with van der Waals surface area (Å²) < 4.78 is 26.1. The lowest BCUT2D eigenvalue weighted by Crippen LogP contribution is -2.43. The van der Waals surface area contributed by atoms with Crippen LogP contribution in [0, 0.1) is 5.92 Å². The minimum atomic E-state index is -3.20. The fourth-order valence-electron chi connectivity index (χ4n) is 3.48. The first-order valence-corrected chi connectivity index (χ1v) is 9.58. The predicted molar refractivity (Wildman–Crippen MR) is 87.8 cm³/mol. The van der Waals surface area contributed by atoms with E-state index in [1.807, 2.05) is 44.2 Å². The minimum absolute atomic E-state index is 0.0205. The lowest BCUT2D eigenvalue weighted by Gasteiger charge is -2.33. The molecule has 1 aliphatic rings. The van der Waals surface area contributed by atoms with Crippen LogP contribution in [0.1, 0.15) is 57.6 Å². The smallest absolute Gasteiger partial charge is 0.158 e. The Bertz CT molecular complexity index is 533. The SMILES string of the molecule is CC(C)C(C(N)c1ccccc1)S(=O)(=O)C1CCCCC1. The molecule has 1 fully saturated rings. The Hall–Kier alpha value is -0.870. The van der Waals surface area contributed by atoms with Gasteiger partial charge in [0.1, 0.15) is 0 Å². The molecule has 3 nitrogen and oxygen atoms in total. The minimum Gasteiger partial charge on any atom is -0.323 e. The Morgan fingerprint density at radius 3 is 2.14 bits per heavy atom. The summed E-state index contributed by atoms with van der Waals surface area (Å²) in [4.78, 5) is 0. The third kappa shape index (κ3) is 3.67. The fraction of sp³-hybridized carbons (Fsp3) is 0.647. The van der Waals surface area contributed by atoms with Crippen molar-refractivity contribution in [2.75, 3.05) is 0 Å². The van der Waals surface area contributed by atoms with Crippen LogP contribution in [-0.2, 0) is 9.84 Å². The molecule has 1 saturated carbocycles. The van der Waals surface area contributed by atoms with Gasteiger partial charge in [0.25, 0.3) is 0 Å². The molecule has 0 saturated heterocycles. The van der Waals surface area contributed by atoms with Crippen LogP contribution < -0.4 is 5.73 Å². The van der Waals surface area contributed by atoms with Gasteiger partial charge in [-0.3, -0.25) is 0 Å². The molecule has 2 unspecified atom stereocenters. The Kier molecular flexibility index (Phi) is 5.44. The van der Waals surface area contributed by atoms with Crippen LogP contribution in [0.15, 0.2) is 30.3 Å². The zero-order valence-corrected chi connectivity index (χ0v) is 13.9. The molecule has 118 valence electrons. The molecule has 21 heavy (non-hydrogen) atoms. The maximum Gasteiger partial charge on any atom is 0.158 e. The van der Waals surface area contributed by atoms with Crippen molar-refractivity contribution in [1.29, 1.82) is 0 Å². The second-order valence-corrected chi connectivity index (χ2v) is 8.88. The lowest BCUT2D eigenvalue weighted by atomic mass is 9.97. The van der Waals surface area contributed by atoms with Crippen molar-refractivity contribution in [2.45, 2.75) is 62.5 Å². The molecule has 0 heterocycles. The summed E-state index contributed by atoms with van der Waals surface area (Å²) in [6.45, 7) is 3.93. The van der Waals surface area contributed by atoms with Crippen molar-refractivity contribution in [2.24, 2.45) is 11.7 Å². The molecule has 0 amide bonds. The highest BCUT2D eigenvalue weighted by atomic mass is 32.2. The number of hydrogen-bond acceptors (Lipinski definition) is 3. The molecule has 4 heteroatoms. The standard InChI is InChI=1S/C17H27NO2S/c1-13(2)17(16(18)14-9-5-3-6-10-14)21(19,20)15-11-7-4-8-12-15/h3,5-6,9-10,13,15-17H,4,7-8,11-12,18H2,1-2H3. The molecule has 0 aromatic heterocycles. The molecule has 1 aromatic rings. The number of hydrogen-bond donors (Lipinski definition) is 1. The molecule has 0 aliphatic heterocycles. The molecule has 1 aliphatic carbocycles. The van der Waals surface area contributed by atoms with Crippen molar-refractivity contribution in [3.63, 3.8) is 0 Å². The summed E-state index contributed by atoms with van der Waals surface area (Å²) in [5.74, 6) is 0.0205. The largest absolute Gasteiger partial charge is 0.323 e. The lowest BCUT2D eigenvalue weighted by molar-refractivity contribution is 0.443. The van der Waals surface area contributed by atoms with Gasteiger partial charge in [-0.1, -0.05) is 63.4 Å². The summed E-state index contributed by atoms with van der Waals surface area (Å²) in [6, 6.07) is 9.17. The van der Waals surface area contributed by atoms with Crippen LogP contribution in [0.2, 0.25) is 0 Å². The Morgan fingerprint density at radius 1 is 1.05 bits per heavy atom. The second-order valence-electron chi connectivity index (χ2n) is 6.49. The van der Waals surface area contributed by atoms with E-state index in [0.29, 0.717) is 0 Å². The van der Waals surface area contributed by atoms with Gasteiger partial charge in [0.05, 0.1) is 10.5 Å². The highest BCUT2D eigenvalue weighted by Gasteiger charge is 2.40. The monoisotopic (exact) mass is 309 g/mol. The molecule has 1 aromatic carbocycles. The van der Waals surface area contributed by atoms with Crippen LogP contribution >= 0.6 is 0 Å². The van der Waals surface area contributed by atoms with E-state index < -0.39 is 21.1 Å². The number of benzene rings is 1. The summed E-state index contributed by atoms with van der Waals surface area (Å²) in [5.41, 5.74) is 7.27. The average Bonchev–Trinajstić information content (AvgIpc) is 2.48. The fourth-order valence-corrected chi connectivity index (χ4v) is 6.24. The summed E-state index contributed by atoms with van der Waals surface area (Å²) in [5, 5.41) is -0.698. The molecule has 2 N–H and O–H groups in total. The first kappa shape index (κ1) is 16.5. The summed E-state index contributed by atoms with van der Waals surface area (Å²) in [6.07, 6.45) is 4.80. The molecule has 2 rings (SSSR count). The number of rotatable bonds is 5. The average molecular weight is 309 g/mol. The Balaban J connectivity index is 2.29. The molecule has 0 radical (unpaired) electrons. The van der Waals surface area contributed by atoms with Gasteiger partial charge >= 0.3 is 0 Å². The van der Waals surface area contributed by atoms with Crippen LogP contribution in [0.3, 0.4) is 0 Å². The third-order valence-corrected chi connectivity index (χ3v) is 7.59. The van der Waals surface area contributed by atoms with Crippen LogP contribution in [0.4, 0.5) is 0 Å². The van der Waals surface area contributed by atoms with Crippen molar-refractivity contribution in [1.82, 2.24) is 0 Å². The molecular weight excluding hydrogens is 282 g/mol. The molecule has 0 spiro atoms. The first-order chi connectivity index (χ1) is 9.94. The van der Waals surface area contributed by atoms with Crippen molar-refractivity contribution < 1.29 is 8.42 Å². The topological polar surface area (TPSA) is 60.2 Å². The molecule has 0 bridgehead atoms. The molecular formula is C17H27NO2S. The highest BCUT2D eigenvalue weighted by molar-refractivity contribution is 7.92. The van der Waals surface area contributed by atoms with E-state index in [4.69, 9.17) is 5.73 Å². The Morgan fingerprint density at radius 2 is 1.62 bits per heavy atom. The van der Waals surface area contributed by atoms with Gasteiger partial charge in [0.2, 0.25) is 0 Å². The van der Waals surface area contributed by atoms with E-state index in [1.165, 1.54) is 0 Å². The maximum absolute atomic E-state index is 13.1. The third-order valence-electron chi connectivity index (χ3n) is 4.59. The number of nitrogens with two attached hydrogens (primary N) is 1. The van der Waals surface area contributed by atoms with Gasteiger partial charge in [0, 0.05) is 6.04 Å². The van der Waals surface area contributed by atoms with Gasteiger partial charge in [-0.25, -0.2) is 8.42 Å². The Labute approximate surface area is 128 Å². The maximum atomic E-state index is 13.1. The van der Waals surface area contributed by atoms with Crippen molar-refractivity contribution in [3.05, 3.63) is 35.9 Å². The second kappa shape index (κ2) is 6.93. The van der Waals surface area contributed by atoms with E-state index in [9.17, 15) is 8.42 Å². The van der Waals surface area contributed by atoms with Gasteiger partial charge in [-0.15, -0.1) is 0 Å². The van der Waals surface area contributed by atoms with E-state index in [2.05, 4.69) is 0 Å². The first-order valence-electron chi connectivity index (χ1n) is 7.98. The normalized spacial score (nSPS) is 20.4. The van der Waals surface area contributed by atoms with Crippen molar-refractivity contribution >= 4 is 9.84 Å². The van der Waals surface area contributed by atoms with E-state index in [0.717, 1.165) is 37.7 Å². The van der Waals surface area contributed by atoms with E-state index >= 15 is 0 Å². The highest BCUT2D eigenvalue weighted by Crippen LogP contribution is 2.33. The molecule has 2 atom stereocenters. The van der Waals surface area contributed by atoms with E-state index in [1.54, 1.807) is 0 Å². The summed E-state index contributed by atoms with van der Waals surface area (Å²) >= 11 is 0. The zero-order chi connectivity index (χ0) is 15.5. The van der Waals surface area contributed by atoms with Crippen LogP contribution in [0.5, 0.6) is 0 Å². The van der Waals surface area contributed by atoms with Crippen LogP contribution in [-0.4, -0.2) is 18.9 Å². The predicted octanol–water partition coefficient (Wildman–Crippen LogP) is 3.46. The van der Waals surface area contributed by atoms with Gasteiger partial charge in [0.15, 0.2) is 9.84 Å². The quantitative estimate of drug-likeness (QED) is 0.906. The van der Waals surface area contributed by atoms with E-state index in [-0.39, 0.29) is 11.2 Å².